The molecule has 1 aliphatic carbocycles. The Morgan fingerprint density at radius 2 is 2.05 bits per heavy atom. The molecule has 1 fully saturated rings. The SMILES string of the molecule is CCOc1cccc(CN=C(N)NC2CCCCCC2)c1. The second-order valence-electron chi connectivity index (χ2n) is 5.61. The van der Waals surface area contributed by atoms with Gasteiger partial charge >= 0.3 is 0 Å². The van der Waals surface area contributed by atoms with Crippen LogP contribution in [0.4, 0.5) is 0 Å². The van der Waals surface area contributed by atoms with Crippen molar-refractivity contribution >= 4 is 5.96 Å². The minimum Gasteiger partial charge on any atom is -0.494 e. The van der Waals surface area contributed by atoms with Gasteiger partial charge in [-0.1, -0.05) is 37.8 Å². The Morgan fingerprint density at radius 1 is 1.29 bits per heavy atom. The van der Waals surface area contributed by atoms with Crippen LogP contribution in [0.2, 0.25) is 0 Å². The highest BCUT2D eigenvalue weighted by Gasteiger charge is 2.12. The first-order valence-corrected chi connectivity index (χ1v) is 8.06. The largest absolute Gasteiger partial charge is 0.494 e. The van der Waals surface area contributed by atoms with E-state index in [1.54, 1.807) is 0 Å². The fraction of sp³-hybridized carbons (Fsp3) is 0.588. The van der Waals surface area contributed by atoms with Crippen molar-refractivity contribution in [3.63, 3.8) is 0 Å². The molecule has 0 radical (unpaired) electrons. The molecule has 0 aromatic heterocycles. The van der Waals surface area contributed by atoms with Crippen LogP contribution in [-0.4, -0.2) is 18.6 Å². The average Bonchev–Trinajstić information content (AvgIpc) is 2.75. The van der Waals surface area contributed by atoms with Crippen LogP contribution in [0.5, 0.6) is 5.75 Å². The molecule has 3 N–H and O–H groups in total. The topological polar surface area (TPSA) is 59.6 Å². The fourth-order valence-corrected chi connectivity index (χ4v) is 2.76. The highest BCUT2D eigenvalue weighted by atomic mass is 16.5. The molecule has 1 aliphatic rings. The number of guanidine groups is 1. The zero-order valence-electron chi connectivity index (χ0n) is 13.0. The smallest absolute Gasteiger partial charge is 0.189 e. The van der Waals surface area contributed by atoms with Crippen molar-refractivity contribution in [1.29, 1.82) is 0 Å². The van der Waals surface area contributed by atoms with Crippen LogP contribution in [0, 0.1) is 0 Å². The molecular formula is C17H27N3O. The Labute approximate surface area is 127 Å². The van der Waals surface area contributed by atoms with Gasteiger partial charge in [0.25, 0.3) is 0 Å². The number of benzene rings is 1. The highest BCUT2D eigenvalue weighted by Crippen LogP contribution is 2.17. The van der Waals surface area contributed by atoms with Crippen molar-refractivity contribution in [2.45, 2.75) is 58.0 Å². The highest BCUT2D eigenvalue weighted by molar-refractivity contribution is 5.78. The summed E-state index contributed by atoms with van der Waals surface area (Å²) in [5.41, 5.74) is 7.12. The molecule has 21 heavy (non-hydrogen) atoms. The summed E-state index contributed by atoms with van der Waals surface area (Å²) in [6, 6.07) is 8.51. The van der Waals surface area contributed by atoms with Gasteiger partial charge < -0.3 is 15.8 Å². The molecule has 0 spiro atoms. The van der Waals surface area contributed by atoms with Crippen molar-refractivity contribution in [2.75, 3.05) is 6.61 Å². The molecule has 2 rings (SSSR count). The lowest BCUT2D eigenvalue weighted by Crippen LogP contribution is -2.39. The van der Waals surface area contributed by atoms with E-state index in [-0.39, 0.29) is 0 Å². The lowest BCUT2D eigenvalue weighted by Gasteiger charge is -2.16. The Morgan fingerprint density at radius 3 is 2.76 bits per heavy atom. The van der Waals surface area contributed by atoms with Gasteiger partial charge in [0.05, 0.1) is 13.2 Å². The third-order valence-electron chi connectivity index (χ3n) is 3.85. The Bertz CT molecular complexity index is 451. The molecule has 0 unspecified atom stereocenters. The van der Waals surface area contributed by atoms with Gasteiger partial charge in [-0.05, 0) is 37.5 Å². The van der Waals surface area contributed by atoms with Crippen molar-refractivity contribution in [1.82, 2.24) is 5.32 Å². The molecule has 1 saturated carbocycles. The summed E-state index contributed by atoms with van der Waals surface area (Å²) in [4.78, 5) is 4.45. The molecule has 0 atom stereocenters. The Balaban J connectivity index is 1.85. The summed E-state index contributed by atoms with van der Waals surface area (Å²) >= 11 is 0. The Kier molecular flexibility index (Phi) is 6.38. The van der Waals surface area contributed by atoms with E-state index in [0.29, 0.717) is 25.2 Å². The van der Waals surface area contributed by atoms with Crippen molar-refractivity contribution in [2.24, 2.45) is 10.7 Å². The maximum Gasteiger partial charge on any atom is 0.189 e. The van der Waals surface area contributed by atoms with E-state index in [1.807, 2.05) is 31.2 Å². The zero-order chi connectivity index (χ0) is 14.9. The number of hydrogen-bond acceptors (Lipinski definition) is 2. The van der Waals surface area contributed by atoms with Gasteiger partial charge in [-0.3, -0.25) is 0 Å². The van der Waals surface area contributed by atoms with Crippen LogP contribution in [0.15, 0.2) is 29.3 Å². The number of nitrogens with two attached hydrogens (primary N) is 1. The second-order valence-corrected chi connectivity index (χ2v) is 5.61. The normalized spacial score (nSPS) is 17.3. The van der Waals surface area contributed by atoms with E-state index >= 15 is 0 Å². The predicted octanol–water partition coefficient (Wildman–Crippen LogP) is 3.21. The molecule has 0 amide bonds. The summed E-state index contributed by atoms with van der Waals surface area (Å²) in [7, 11) is 0. The average molecular weight is 289 g/mol. The summed E-state index contributed by atoms with van der Waals surface area (Å²) in [6.07, 6.45) is 7.69. The molecule has 0 heterocycles. The molecule has 4 heteroatoms. The molecule has 0 aliphatic heterocycles. The van der Waals surface area contributed by atoms with Crippen molar-refractivity contribution in [3.05, 3.63) is 29.8 Å². The van der Waals surface area contributed by atoms with Crippen LogP contribution in [-0.2, 0) is 6.54 Å². The molecule has 0 saturated heterocycles. The number of nitrogens with one attached hydrogen (secondary N) is 1. The minimum absolute atomic E-state index is 0.492. The van der Waals surface area contributed by atoms with E-state index in [0.717, 1.165) is 11.3 Å². The number of ether oxygens (including phenoxy) is 1. The lowest BCUT2D eigenvalue weighted by atomic mass is 10.1. The van der Waals surface area contributed by atoms with Crippen LogP contribution < -0.4 is 15.8 Å². The molecule has 1 aromatic carbocycles. The maximum absolute atomic E-state index is 6.01. The third kappa shape index (κ3) is 5.66. The quantitative estimate of drug-likeness (QED) is 0.497. The Hall–Kier alpha value is -1.71. The first kappa shape index (κ1) is 15.7. The first-order valence-electron chi connectivity index (χ1n) is 8.06. The van der Waals surface area contributed by atoms with E-state index in [1.165, 1.54) is 38.5 Å². The van der Waals surface area contributed by atoms with Gasteiger partial charge in [0, 0.05) is 6.04 Å². The van der Waals surface area contributed by atoms with Gasteiger partial charge in [-0.2, -0.15) is 0 Å². The summed E-state index contributed by atoms with van der Waals surface area (Å²) in [5.74, 6) is 1.45. The van der Waals surface area contributed by atoms with Crippen LogP contribution in [0.3, 0.4) is 0 Å². The lowest BCUT2D eigenvalue weighted by molar-refractivity contribution is 0.340. The third-order valence-corrected chi connectivity index (χ3v) is 3.85. The molecule has 1 aromatic rings. The standard InChI is InChI=1S/C17H27N3O/c1-2-21-16-11-7-8-14(12-16)13-19-17(18)20-15-9-5-3-4-6-10-15/h7-8,11-12,15H,2-6,9-10,13H2,1H3,(H3,18,19,20). The second kappa shape index (κ2) is 8.55. The van der Waals surface area contributed by atoms with Gasteiger partial charge in [0.15, 0.2) is 5.96 Å². The van der Waals surface area contributed by atoms with Crippen LogP contribution in [0.25, 0.3) is 0 Å². The molecule has 0 bridgehead atoms. The predicted molar refractivity (Wildman–Crippen MR) is 87.6 cm³/mol. The molecular weight excluding hydrogens is 262 g/mol. The number of nitrogens with zero attached hydrogens (tertiary/aromatic N) is 1. The van der Waals surface area contributed by atoms with Gasteiger partial charge in [0.1, 0.15) is 5.75 Å². The summed E-state index contributed by atoms with van der Waals surface area (Å²) in [6.45, 7) is 3.25. The zero-order valence-corrected chi connectivity index (χ0v) is 13.0. The summed E-state index contributed by atoms with van der Waals surface area (Å²) in [5, 5.41) is 3.37. The van der Waals surface area contributed by atoms with Gasteiger partial charge in [-0.25, -0.2) is 4.99 Å². The van der Waals surface area contributed by atoms with Gasteiger partial charge in [-0.15, -0.1) is 0 Å². The number of hydrogen-bond donors (Lipinski definition) is 2. The molecule has 116 valence electrons. The van der Waals surface area contributed by atoms with E-state index in [4.69, 9.17) is 10.5 Å². The van der Waals surface area contributed by atoms with Crippen LogP contribution >= 0.6 is 0 Å². The maximum atomic E-state index is 6.01. The van der Waals surface area contributed by atoms with Crippen molar-refractivity contribution in [3.8, 4) is 5.75 Å². The van der Waals surface area contributed by atoms with Gasteiger partial charge in [0.2, 0.25) is 0 Å². The fourth-order valence-electron chi connectivity index (χ4n) is 2.76. The van der Waals surface area contributed by atoms with Crippen molar-refractivity contribution < 1.29 is 4.74 Å². The van der Waals surface area contributed by atoms with Crippen LogP contribution in [0.1, 0.15) is 51.0 Å². The summed E-state index contributed by atoms with van der Waals surface area (Å²) < 4.78 is 5.49. The number of aliphatic imine (C=N–C) groups is 1. The molecule has 4 nitrogen and oxygen atoms in total. The monoisotopic (exact) mass is 289 g/mol. The first-order chi connectivity index (χ1) is 10.3. The van der Waals surface area contributed by atoms with E-state index in [9.17, 15) is 0 Å². The van der Waals surface area contributed by atoms with E-state index in [2.05, 4.69) is 10.3 Å². The number of rotatable bonds is 5. The minimum atomic E-state index is 0.492. The van der Waals surface area contributed by atoms with E-state index < -0.39 is 0 Å².